The molecule has 1 amide bonds. The molecule has 0 saturated carbocycles. The van der Waals surface area contributed by atoms with Gasteiger partial charge in [0.1, 0.15) is 5.82 Å². The predicted octanol–water partition coefficient (Wildman–Crippen LogP) is 3.14. The molecule has 8 heteroatoms. The molecule has 0 radical (unpaired) electrons. The van der Waals surface area contributed by atoms with Gasteiger partial charge in [0.05, 0.1) is 10.8 Å². The van der Waals surface area contributed by atoms with E-state index in [1.807, 2.05) is 18.2 Å². The Morgan fingerprint density at radius 1 is 0.969 bits per heavy atom. The average molecular weight is 460 g/mol. The van der Waals surface area contributed by atoms with Gasteiger partial charge >= 0.3 is 0 Å². The standard InChI is InChI=1S/C24H30FN3O3S/c25-22-9-11-23(12-10-22)32(30,31)28-15-5-8-21(18-28)24(29)26-16-19-6-1-2-7-20(19)17-27-13-3-4-14-27/h1-2,6-7,9-12,21H,3-5,8,13-18H2,(H,26,29)/t21-/m1/s1. The number of piperidine rings is 1. The van der Waals surface area contributed by atoms with Crippen molar-refractivity contribution in [3.05, 3.63) is 65.5 Å². The van der Waals surface area contributed by atoms with E-state index in [9.17, 15) is 17.6 Å². The molecule has 2 aliphatic heterocycles. The van der Waals surface area contributed by atoms with E-state index in [-0.39, 0.29) is 17.3 Å². The van der Waals surface area contributed by atoms with E-state index in [1.54, 1.807) is 0 Å². The molecule has 1 atom stereocenters. The molecule has 2 heterocycles. The quantitative estimate of drug-likeness (QED) is 0.691. The zero-order chi connectivity index (χ0) is 22.6. The Morgan fingerprint density at radius 3 is 2.38 bits per heavy atom. The topological polar surface area (TPSA) is 69.7 Å². The van der Waals surface area contributed by atoms with Gasteiger partial charge in [0.2, 0.25) is 15.9 Å². The molecule has 0 bridgehead atoms. The maximum atomic E-state index is 13.2. The zero-order valence-electron chi connectivity index (χ0n) is 18.2. The number of benzene rings is 2. The molecule has 0 unspecified atom stereocenters. The summed E-state index contributed by atoms with van der Waals surface area (Å²) in [5, 5.41) is 3.02. The van der Waals surface area contributed by atoms with Gasteiger partial charge in [0, 0.05) is 26.2 Å². The number of sulfonamides is 1. The van der Waals surface area contributed by atoms with Crippen LogP contribution in [0.2, 0.25) is 0 Å². The number of amides is 1. The van der Waals surface area contributed by atoms with Gasteiger partial charge in [-0.1, -0.05) is 24.3 Å². The first-order valence-electron chi connectivity index (χ1n) is 11.3. The van der Waals surface area contributed by atoms with Crippen molar-refractivity contribution in [2.24, 2.45) is 5.92 Å². The highest BCUT2D eigenvalue weighted by Gasteiger charge is 2.33. The summed E-state index contributed by atoms with van der Waals surface area (Å²) in [6.07, 6.45) is 3.73. The van der Waals surface area contributed by atoms with Gasteiger partial charge < -0.3 is 5.32 Å². The summed E-state index contributed by atoms with van der Waals surface area (Å²) in [7, 11) is -3.75. The highest BCUT2D eigenvalue weighted by molar-refractivity contribution is 7.89. The molecule has 1 N–H and O–H groups in total. The van der Waals surface area contributed by atoms with Crippen molar-refractivity contribution in [2.75, 3.05) is 26.2 Å². The number of carbonyl (C=O) groups is 1. The Bertz CT molecular complexity index is 1040. The molecule has 6 nitrogen and oxygen atoms in total. The molecule has 172 valence electrons. The van der Waals surface area contributed by atoms with E-state index >= 15 is 0 Å². The minimum atomic E-state index is -3.75. The fourth-order valence-electron chi connectivity index (χ4n) is 4.52. The fourth-order valence-corrected chi connectivity index (χ4v) is 6.05. The monoisotopic (exact) mass is 459 g/mol. The summed E-state index contributed by atoms with van der Waals surface area (Å²) < 4.78 is 40.4. The summed E-state index contributed by atoms with van der Waals surface area (Å²) in [6, 6.07) is 13.0. The van der Waals surface area contributed by atoms with Crippen LogP contribution in [0.3, 0.4) is 0 Å². The van der Waals surface area contributed by atoms with Gasteiger partial charge in [-0.05, 0) is 74.2 Å². The zero-order valence-corrected chi connectivity index (χ0v) is 19.0. The van der Waals surface area contributed by atoms with Crippen LogP contribution in [0.25, 0.3) is 0 Å². The van der Waals surface area contributed by atoms with Crippen molar-refractivity contribution in [1.29, 1.82) is 0 Å². The van der Waals surface area contributed by atoms with Crippen LogP contribution in [0.5, 0.6) is 0 Å². The molecule has 32 heavy (non-hydrogen) atoms. The first kappa shape index (κ1) is 22.9. The highest BCUT2D eigenvalue weighted by Crippen LogP contribution is 2.24. The Kier molecular flexibility index (Phi) is 7.23. The molecule has 0 aromatic heterocycles. The number of nitrogens with one attached hydrogen (secondary N) is 1. The minimum Gasteiger partial charge on any atom is -0.352 e. The second-order valence-corrected chi connectivity index (χ2v) is 10.6. The van der Waals surface area contributed by atoms with Gasteiger partial charge in [-0.15, -0.1) is 0 Å². The number of halogens is 1. The van der Waals surface area contributed by atoms with Crippen LogP contribution in [0, 0.1) is 11.7 Å². The maximum Gasteiger partial charge on any atom is 0.243 e. The molecule has 0 aliphatic carbocycles. The summed E-state index contributed by atoms with van der Waals surface area (Å²) >= 11 is 0. The van der Waals surface area contributed by atoms with Gasteiger partial charge in [-0.25, -0.2) is 12.8 Å². The molecule has 2 aromatic rings. The van der Waals surface area contributed by atoms with E-state index in [0.29, 0.717) is 25.9 Å². The van der Waals surface area contributed by atoms with Crippen molar-refractivity contribution in [3.8, 4) is 0 Å². The van der Waals surface area contributed by atoms with Crippen LogP contribution in [0.15, 0.2) is 53.4 Å². The summed E-state index contributed by atoms with van der Waals surface area (Å²) in [5.74, 6) is -1.01. The van der Waals surface area contributed by atoms with Crippen LogP contribution in [-0.4, -0.2) is 49.7 Å². The molecular weight excluding hydrogens is 429 g/mol. The van der Waals surface area contributed by atoms with Crippen molar-refractivity contribution in [3.63, 3.8) is 0 Å². The molecular formula is C24H30FN3O3S. The van der Waals surface area contributed by atoms with E-state index in [0.717, 1.165) is 37.3 Å². The Hall–Kier alpha value is -2.29. The van der Waals surface area contributed by atoms with Crippen LogP contribution in [0.1, 0.15) is 36.8 Å². The summed E-state index contributed by atoms with van der Waals surface area (Å²) in [6.45, 7) is 4.05. The van der Waals surface area contributed by atoms with Crippen LogP contribution < -0.4 is 5.32 Å². The Morgan fingerprint density at radius 2 is 1.66 bits per heavy atom. The summed E-state index contributed by atoms with van der Waals surface area (Å²) in [4.78, 5) is 15.4. The SMILES string of the molecule is O=C(NCc1ccccc1CN1CCCC1)[C@@H]1CCCN(S(=O)(=O)c2ccc(F)cc2)C1. The van der Waals surface area contributed by atoms with Crippen molar-refractivity contribution >= 4 is 15.9 Å². The largest absolute Gasteiger partial charge is 0.352 e. The second-order valence-electron chi connectivity index (χ2n) is 8.63. The Labute approximate surface area is 189 Å². The summed E-state index contributed by atoms with van der Waals surface area (Å²) in [5.41, 5.74) is 2.32. The third-order valence-corrected chi connectivity index (χ3v) is 8.25. The van der Waals surface area contributed by atoms with E-state index in [2.05, 4.69) is 16.3 Å². The average Bonchev–Trinajstić information content (AvgIpc) is 3.32. The lowest BCUT2D eigenvalue weighted by atomic mass is 9.98. The van der Waals surface area contributed by atoms with Crippen molar-refractivity contribution < 1.29 is 17.6 Å². The van der Waals surface area contributed by atoms with Gasteiger partial charge in [0.25, 0.3) is 0 Å². The highest BCUT2D eigenvalue weighted by atomic mass is 32.2. The van der Waals surface area contributed by atoms with Crippen LogP contribution in [0.4, 0.5) is 4.39 Å². The van der Waals surface area contributed by atoms with Crippen molar-refractivity contribution in [2.45, 2.75) is 43.7 Å². The third kappa shape index (κ3) is 5.36. The lowest BCUT2D eigenvalue weighted by Gasteiger charge is -2.31. The third-order valence-electron chi connectivity index (χ3n) is 6.37. The van der Waals surface area contributed by atoms with Crippen LogP contribution >= 0.6 is 0 Å². The number of hydrogen-bond acceptors (Lipinski definition) is 4. The molecule has 2 fully saturated rings. The van der Waals surface area contributed by atoms with Crippen LogP contribution in [-0.2, 0) is 27.9 Å². The van der Waals surface area contributed by atoms with E-state index < -0.39 is 21.8 Å². The predicted molar refractivity (Wildman–Crippen MR) is 121 cm³/mol. The number of nitrogens with zero attached hydrogens (tertiary/aromatic N) is 2. The maximum absolute atomic E-state index is 13.2. The number of hydrogen-bond donors (Lipinski definition) is 1. The first-order valence-corrected chi connectivity index (χ1v) is 12.7. The molecule has 4 rings (SSSR count). The molecule has 2 aromatic carbocycles. The van der Waals surface area contributed by atoms with Gasteiger partial charge in [-0.2, -0.15) is 4.31 Å². The lowest BCUT2D eigenvalue weighted by Crippen LogP contribution is -2.45. The Balaban J connectivity index is 1.37. The number of likely N-dealkylation sites (tertiary alicyclic amines) is 1. The fraction of sp³-hybridized carbons (Fsp3) is 0.458. The second kappa shape index (κ2) is 10.1. The van der Waals surface area contributed by atoms with Gasteiger partial charge in [0.15, 0.2) is 0 Å². The molecule has 2 saturated heterocycles. The first-order chi connectivity index (χ1) is 15.4. The number of rotatable bonds is 7. The molecule has 2 aliphatic rings. The van der Waals surface area contributed by atoms with E-state index in [4.69, 9.17) is 0 Å². The van der Waals surface area contributed by atoms with Crippen molar-refractivity contribution in [1.82, 2.24) is 14.5 Å². The smallest absolute Gasteiger partial charge is 0.243 e. The minimum absolute atomic E-state index is 0.0517. The van der Waals surface area contributed by atoms with Gasteiger partial charge in [-0.3, -0.25) is 9.69 Å². The van der Waals surface area contributed by atoms with E-state index in [1.165, 1.54) is 34.8 Å². The number of carbonyl (C=O) groups excluding carboxylic acids is 1. The molecule has 0 spiro atoms. The normalized spacial score (nSPS) is 20.3. The lowest BCUT2D eigenvalue weighted by molar-refractivity contribution is -0.126.